The highest BCUT2D eigenvalue weighted by atomic mass is 16.6. The molecule has 0 radical (unpaired) electrons. The smallest absolute Gasteiger partial charge is 0.408 e. The second-order valence-corrected chi connectivity index (χ2v) is 14.5. The molecule has 0 saturated heterocycles. The number of ether oxygens (including phenoxy) is 2. The minimum absolute atomic E-state index is 0.131. The molecule has 1 aliphatic carbocycles. The van der Waals surface area contributed by atoms with Gasteiger partial charge in [-0.3, -0.25) is 9.59 Å². The maximum atomic E-state index is 14.8. The molecule has 1 aliphatic rings. The van der Waals surface area contributed by atoms with Crippen LogP contribution < -0.4 is 10.6 Å². The molecule has 1 fully saturated rings. The molecule has 3 unspecified atom stereocenters. The van der Waals surface area contributed by atoms with E-state index in [1.54, 1.807) is 59.7 Å². The summed E-state index contributed by atoms with van der Waals surface area (Å²) >= 11 is 0. The normalized spacial score (nSPS) is 15.1. The zero-order valence-electron chi connectivity index (χ0n) is 29.3. The summed E-state index contributed by atoms with van der Waals surface area (Å²) in [6.07, 6.45) is 1.57. The van der Waals surface area contributed by atoms with E-state index in [2.05, 4.69) is 10.6 Å². The quantitative estimate of drug-likeness (QED) is 0.201. The molecule has 1 saturated carbocycles. The van der Waals surface area contributed by atoms with Gasteiger partial charge in [0.15, 0.2) is 0 Å². The Morgan fingerprint density at radius 3 is 1.73 bits per heavy atom. The molecule has 3 N–H and O–H groups in total. The van der Waals surface area contributed by atoms with Gasteiger partial charge in [0.25, 0.3) is 0 Å². The number of rotatable bonds is 12. The first-order valence-electron chi connectivity index (χ1n) is 16.8. The number of nitrogens with one attached hydrogen (secondary N) is 2. The van der Waals surface area contributed by atoms with E-state index in [-0.39, 0.29) is 30.2 Å². The molecule has 3 aromatic rings. The molecular weight excluding hydrogens is 622 g/mol. The van der Waals surface area contributed by atoms with Crippen LogP contribution in [0.1, 0.15) is 83.5 Å². The topological polar surface area (TPSA) is 134 Å². The third-order valence-corrected chi connectivity index (χ3v) is 8.04. The van der Waals surface area contributed by atoms with E-state index in [0.717, 1.165) is 17.5 Å². The number of phenols is 1. The lowest BCUT2D eigenvalue weighted by molar-refractivity contribution is -0.159. The molecule has 262 valence electrons. The van der Waals surface area contributed by atoms with Crippen molar-refractivity contribution in [2.45, 2.75) is 109 Å². The number of amides is 3. The highest BCUT2D eigenvalue weighted by Gasteiger charge is 2.44. The van der Waals surface area contributed by atoms with Crippen LogP contribution >= 0.6 is 0 Å². The number of esters is 1. The standard InChI is InChI=1S/C39H49N3O7/c1-38(2,3)48-36(46)31(25-27-18-11-8-12-19-27)40-34(44)33(29-22-13-14-23-32(29)43)42(28-20-15-21-28)35(45)30(24-26-16-9-7-10-17-26)41-37(47)49-39(4,5)6/h7-14,16-19,22-23,28,30-31,33,43H,15,20-21,24-25H2,1-6H3,(H,40,44)(H,41,47). The van der Waals surface area contributed by atoms with Crippen molar-refractivity contribution in [2.75, 3.05) is 0 Å². The number of hydrogen-bond donors (Lipinski definition) is 3. The Morgan fingerprint density at radius 2 is 1.24 bits per heavy atom. The maximum Gasteiger partial charge on any atom is 0.408 e. The molecular formula is C39H49N3O7. The zero-order chi connectivity index (χ0) is 35.8. The number of nitrogens with zero attached hydrogens (tertiary/aromatic N) is 1. The van der Waals surface area contributed by atoms with E-state index in [1.165, 1.54) is 11.0 Å². The van der Waals surface area contributed by atoms with Crippen LogP contribution in [0.15, 0.2) is 84.9 Å². The van der Waals surface area contributed by atoms with E-state index in [1.807, 2.05) is 60.7 Å². The van der Waals surface area contributed by atoms with Gasteiger partial charge in [-0.2, -0.15) is 0 Å². The van der Waals surface area contributed by atoms with Gasteiger partial charge < -0.3 is 30.1 Å². The van der Waals surface area contributed by atoms with Crippen LogP contribution in [0.3, 0.4) is 0 Å². The summed E-state index contributed by atoms with van der Waals surface area (Å²) in [5, 5.41) is 16.8. The first kappa shape index (κ1) is 37.0. The highest BCUT2D eigenvalue weighted by molar-refractivity contribution is 5.94. The van der Waals surface area contributed by atoms with Crippen LogP contribution in [-0.4, -0.2) is 63.2 Å². The van der Waals surface area contributed by atoms with Crippen molar-refractivity contribution < 1.29 is 33.8 Å². The van der Waals surface area contributed by atoms with E-state index in [4.69, 9.17) is 9.47 Å². The van der Waals surface area contributed by atoms with E-state index in [9.17, 15) is 24.3 Å². The fourth-order valence-corrected chi connectivity index (χ4v) is 5.67. The molecule has 0 bridgehead atoms. The molecule has 0 spiro atoms. The second kappa shape index (κ2) is 16.0. The Hall–Kier alpha value is -4.86. The monoisotopic (exact) mass is 671 g/mol. The van der Waals surface area contributed by atoms with E-state index >= 15 is 0 Å². The lowest BCUT2D eigenvalue weighted by Crippen LogP contribution is -2.59. The summed E-state index contributed by atoms with van der Waals surface area (Å²) in [5.74, 6) is -1.99. The van der Waals surface area contributed by atoms with Crippen molar-refractivity contribution in [3.05, 3.63) is 102 Å². The minimum atomic E-state index is -1.33. The molecule has 49 heavy (non-hydrogen) atoms. The number of carbonyl (C=O) groups is 4. The van der Waals surface area contributed by atoms with Crippen molar-refractivity contribution in [1.82, 2.24) is 15.5 Å². The van der Waals surface area contributed by atoms with Crippen molar-refractivity contribution in [2.24, 2.45) is 0 Å². The fourth-order valence-electron chi connectivity index (χ4n) is 5.67. The summed E-state index contributed by atoms with van der Waals surface area (Å²) < 4.78 is 11.2. The third-order valence-electron chi connectivity index (χ3n) is 8.04. The number of para-hydroxylation sites is 1. The lowest BCUT2D eigenvalue weighted by Gasteiger charge is -2.44. The SMILES string of the molecule is CC(C)(C)OC(=O)NC(Cc1ccccc1)C(=O)N(C1CCC1)C(C(=O)NC(Cc1ccccc1)C(=O)OC(C)(C)C)c1ccccc1O. The Labute approximate surface area is 289 Å². The van der Waals surface area contributed by atoms with Gasteiger partial charge in [-0.1, -0.05) is 78.9 Å². The first-order valence-corrected chi connectivity index (χ1v) is 16.8. The van der Waals surface area contributed by atoms with Crippen LogP contribution in [0.5, 0.6) is 5.75 Å². The summed E-state index contributed by atoms with van der Waals surface area (Å²) in [5.41, 5.74) is 0.153. The van der Waals surface area contributed by atoms with Crippen molar-refractivity contribution in [3.8, 4) is 5.75 Å². The predicted molar refractivity (Wildman–Crippen MR) is 187 cm³/mol. The molecule has 4 rings (SSSR count). The summed E-state index contributed by atoms with van der Waals surface area (Å²) in [7, 11) is 0. The van der Waals surface area contributed by atoms with Gasteiger partial charge in [-0.25, -0.2) is 9.59 Å². The summed E-state index contributed by atoms with van der Waals surface area (Å²) in [4.78, 5) is 57.5. The van der Waals surface area contributed by atoms with Crippen molar-refractivity contribution in [3.63, 3.8) is 0 Å². The number of carbonyl (C=O) groups excluding carboxylic acids is 4. The Bertz CT molecular complexity index is 1580. The van der Waals surface area contributed by atoms with Crippen LogP contribution in [0, 0.1) is 0 Å². The number of phenolic OH excluding ortho intramolecular Hbond substituents is 1. The van der Waals surface area contributed by atoms with Crippen LogP contribution in [0.25, 0.3) is 0 Å². The lowest BCUT2D eigenvalue weighted by atomic mass is 9.87. The molecule has 0 aliphatic heterocycles. The van der Waals surface area contributed by atoms with Crippen molar-refractivity contribution in [1.29, 1.82) is 0 Å². The van der Waals surface area contributed by atoms with Gasteiger partial charge >= 0.3 is 12.1 Å². The van der Waals surface area contributed by atoms with Gasteiger partial charge in [-0.05, 0) is 78.0 Å². The molecule has 3 atom stereocenters. The average molecular weight is 672 g/mol. The van der Waals surface area contributed by atoms with Crippen molar-refractivity contribution >= 4 is 23.9 Å². The van der Waals surface area contributed by atoms with Crippen LogP contribution in [0.2, 0.25) is 0 Å². The molecule has 0 aromatic heterocycles. The highest BCUT2D eigenvalue weighted by Crippen LogP contribution is 2.37. The maximum absolute atomic E-state index is 14.8. The van der Waals surface area contributed by atoms with Gasteiger partial charge in [-0.15, -0.1) is 0 Å². The Kier molecular flexibility index (Phi) is 12.1. The molecule has 10 heteroatoms. The summed E-state index contributed by atoms with van der Waals surface area (Å²) in [6.45, 7) is 10.4. The van der Waals surface area contributed by atoms with Gasteiger partial charge in [0.1, 0.15) is 35.1 Å². The second-order valence-electron chi connectivity index (χ2n) is 14.5. The van der Waals surface area contributed by atoms with E-state index in [0.29, 0.717) is 12.8 Å². The van der Waals surface area contributed by atoms with Crippen LogP contribution in [-0.2, 0) is 36.7 Å². The first-order chi connectivity index (χ1) is 23.1. The molecule has 10 nitrogen and oxygen atoms in total. The molecule has 3 aromatic carbocycles. The Morgan fingerprint density at radius 1 is 0.735 bits per heavy atom. The van der Waals surface area contributed by atoms with Crippen LogP contribution in [0.4, 0.5) is 4.79 Å². The summed E-state index contributed by atoms with van der Waals surface area (Å²) in [6, 6.07) is 20.9. The zero-order valence-corrected chi connectivity index (χ0v) is 29.3. The predicted octanol–water partition coefficient (Wildman–Crippen LogP) is 6.02. The molecule has 0 heterocycles. The minimum Gasteiger partial charge on any atom is -0.508 e. The third kappa shape index (κ3) is 10.8. The molecule has 3 amide bonds. The Balaban J connectivity index is 1.77. The largest absolute Gasteiger partial charge is 0.508 e. The number of alkyl carbamates (subject to hydrolysis) is 1. The van der Waals surface area contributed by atoms with Gasteiger partial charge in [0, 0.05) is 24.4 Å². The average Bonchev–Trinajstić information content (AvgIpc) is 2.99. The number of aromatic hydroxyl groups is 1. The van der Waals surface area contributed by atoms with Gasteiger partial charge in [0.05, 0.1) is 0 Å². The van der Waals surface area contributed by atoms with Gasteiger partial charge in [0.2, 0.25) is 11.8 Å². The number of hydrogen-bond acceptors (Lipinski definition) is 7. The van der Waals surface area contributed by atoms with E-state index < -0.39 is 53.2 Å². The number of benzene rings is 3. The fraction of sp³-hybridized carbons (Fsp3) is 0.436.